The zero-order valence-electron chi connectivity index (χ0n) is 20.1. The van der Waals surface area contributed by atoms with E-state index in [1.165, 1.54) is 23.5 Å². The molecule has 1 aliphatic rings. The SMILES string of the molecule is COCCCCC(=S)N1CCC(c2nc(C(=O)Nc3ccc(F)cc3-c3ccc(Cl)cc3)cs2)CC1. The zero-order valence-corrected chi connectivity index (χ0v) is 22.5. The summed E-state index contributed by atoms with van der Waals surface area (Å²) in [5.41, 5.74) is 2.24. The maximum Gasteiger partial charge on any atom is 0.275 e. The van der Waals surface area contributed by atoms with Crippen molar-refractivity contribution in [2.45, 2.75) is 38.0 Å². The molecule has 1 amide bonds. The van der Waals surface area contributed by atoms with E-state index >= 15 is 0 Å². The molecule has 3 aromatic rings. The number of unbranched alkanes of at least 4 members (excludes halogenated alkanes) is 1. The number of thiocarbonyl (C=S) groups is 1. The van der Waals surface area contributed by atoms with Crippen LogP contribution in [0.2, 0.25) is 5.02 Å². The van der Waals surface area contributed by atoms with Gasteiger partial charge in [-0.3, -0.25) is 4.79 Å². The third-order valence-electron chi connectivity index (χ3n) is 6.33. The molecule has 1 N–H and O–H groups in total. The molecular weight excluding hydrogens is 517 g/mol. The first-order valence-electron chi connectivity index (χ1n) is 12.0. The first kappa shape index (κ1) is 26.7. The number of methoxy groups -OCH3 is 1. The molecular formula is C27H29ClFN3O2S2. The van der Waals surface area contributed by atoms with Gasteiger partial charge in [0.25, 0.3) is 5.91 Å². The van der Waals surface area contributed by atoms with E-state index in [9.17, 15) is 9.18 Å². The van der Waals surface area contributed by atoms with Crippen LogP contribution in [-0.4, -0.2) is 47.6 Å². The lowest BCUT2D eigenvalue weighted by Crippen LogP contribution is -2.36. The number of halogens is 2. The smallest absolute Gasteiger partial charge is 0.275 e. The molecule has 4 rings (SSSR count). The van der Waals surface area contributed by atoms with Crippen LogP contribution in [0.3, 0.4) is 0 Å². The fraction of sp³-hybridized carbons (Fsp3) is 0.370. The van der Waals surface area contributed by atoms with Gasteiger partial charge in [-0.05, 0) is 68.0 Å². The Morgan fingerprint density at radius 3 is 2.69 bits per heavy atom. The molecule has 36 heavy (non-hydrogen) atoms. The normalized spacial score (nSPS) is 14.1. The van der Waals surface area contributed by atoms with E-state index in [-0.39, 0.29) is 11.7 Å². The fourth-order valence-electron chi connectivity index (χ4n) is 4.32. The van der Waals surface area contributed by atoms with Crippen LogP contribution in [0.15, 0.2) is 47.8 Å². The highest BCUT2D eigenvalue weighted by atomic mass is 35.5. The second-order valence-corrected chi connectivity index (χ2v) is 10.6. The van der Waals surface area contributed by atoms with Crippen molar-refractivity contribution in [3.05, 3.63) is 69.4 Å². The largest absolute Gasteiger partial charge is 0.385 e. The average Bonchev–Trinajstić information content (AvgIpc) is 3.39. The Kier molecular flexibility index (Phi) is 9.42. The highest BCUT2D eigenvalue weighted by Crippen LogP contribution is 2.33. The minimum atomic E-state index is -0.380. The molecule has 5 nitrogen and oxygen atoms in total. The molecule has 0 radical (unpaired) electrons. The summed E-state index contributed by atoms with van der Waals surface area (Å²) in [5, 5.41) is 6.26. The summed E-state index contributed by atoms with van der Waals surface area (Å²) in [5.74, 6) is -0.372. The summed E-state index contributed by atoms with van der Waals surface area (Å²) in [6, 6.07) is 11.4. The van der Waals surface area contributed by atoms with Crippen LogP contribution in [0, 0.1) is 5.82 Å². The molecule has 0 saturated carbocycles. The molecule has 1 aliphatic heterocycles. The van der Waals surface area contributed by atoms with Crippen LogP contribution >= 0.6 is 35.2 Å². The van der Waals surface area contributed by atoms with Gasteiger partial charge in [-0.15, -0.1) is 11.3 Å². The van der Waals surface area contributed by atoms with E-state index in [0.29, 0.717) is 27.9 Å². The van der Waals surface area contributed by atoms with Crippen LogP contribution in [-0.2, 0) is 4.74 Å². The Morgan fingerprint density at radius 1 is 1.22 bits per heavy atom. The molecule has 0 bridgehead atoms. The number of carbonyl (C=O) groups is 1. The predicted octanol–water partition coefficient (Wildman–Crippen LogP) is 7.18. The molecule has 0 atom stereocenters. The lowest BCUT2D eigenvalue weighted by atomic mass is 9.97. The average molecular weight is 546 g/mol. The first-order valence-corrected chi connectivity index (χ1v) is 13.7. The van der Waals surface area contributed by atoms with Gasteiger partial charge in [-0.2, -0.15) is 0 Å². The van der Waals surface area contributed by atoms with Gasteiger partial charge in [0.15, 0.2) is 0 Å². The lowest BCUT2D eigenvalue weighted by Gasteiger charge is -2.33. The number of likely N-dealkylation sites (tertiary alicyclic amines) is 1. The van der Waals surface area contributed by atoms with Crippen LogP contribution in [0.1, 0.15) is 53.5 Å². The number of aromatic nitrogens is 1. The number of anilines is 1. The van der Waals surface area contributed by atoms with Gasteiger partial charge in [-0.1, -0.05) is 36.0 Å². The minimum Gasteiger partial charge on any atom is -0.385 e. The van der Waals surface area contributed by atoms with Crippen molar-refractivity contribution in [1.82, 2.24) is 9.88 Å². The Balaban J connectivity index is 1.36. The summed E-state index contributed by atoms with van der Waals surface area (Å²) in [6.07, 6.45) is 4.92. The van der Waals surface area contributed by atoms with Crippen LogP contribution < -0.4 is 5.32 Å². The van der Waals surface area contributed by atoms with E-state index < -0.39 is 0 Å². The van der Waals surface area contributed by atoms with Crippen LogP contribution in [0.4, 0.5) is 10.1 Å². The summed E-state index contributed by atoms with van der Waals surface area (Å²) in [7, 11) is 1.72. The second kappa shape index (κ2) is 12.7. The number of benzene rings is 2. The van der Waals surface area contributed by atoms with Crippen molar-refractivity contribution < 1.29 is 13.9 Å². The fourth-order valence-corrected chi connectivity index (χ4v) is 5.74. The summed E-state index contributed by atoms with van der Waals surface area (Å²) in [6.45, 7) is 2.60. The Labute approximate surface area is 225 Å². The zero-order chi connectivity index (χ0) is 25.5. The number of piperidine rings is 1. The maximum atomic E-state index is 14.0. The maximum absolute atomic E-state index is 14.0. The van der Waals surface area contributed by atoms with Crippen molar-refractivity contribution in [3.63, 3.8) is 0 Å². The molecule has 1 fully saturated rings. The highest BCUT2D eigenvalue weighted by Gasteiger charge is 2.25. The number of carbonyl (C=O) groups excluding carboxylic acids is 1. The number of rotatable bonds is 9. The number of nitrogens with zero attached hydrogens (tertiary/aromatic N) is 2. The van der Waals surface area contributed by atoms with Crippen molar-refractivity contribution in [1.29, 1.82) is 0 Å². The summed E-state index contributed by atoms with van der Waals surface area (Å²) >= 11 is 13.1. The van der Waals surface area contributed by atoms with Crippen molar-refractivity contribution in [3.8, 4) is 11.1 Å². The Bertz CT molecular complexity index is 1190. The predicted molar refractivity (Wildman–Crippen MR) is 149 cm³/mol. The van der Waals surface area contributed by atoms with Crippen molar-refractivity contribution in [2.24, 2.45) is 0 Å². The van der Waals surface area contributed by atoms with E-state index in [0.717, 1.165) is 67.4 Å². The third-order valence-corrected chi connectivity index (χ3v) is 8.05. The number of amides is 1. The van der Waals surface area contributed by atoms with Gasteiger partial charge in [0, 0.05) is 54.4 Å². The van der Waals surface area contributed by atoms with Gasteiger partial charge in [-0.25, -0.2) is 9.37 Å². The van der Waals surface area contributed by atoms with Crippen LogP contribution in [0.5, 0.6) is 0 Å². The molecule has 0 unspecified atom stereocenters. The molecule has 9 heteroatoms. The van der Waals surface area contributed by atoms with Crippen LogP contribution in [0.25, 0.3) is 11.1 Å². The summed E-state index contributed by atoms with van der Waals surface area (Å²) < 4.78 is 19.1. The van der Waals surface area contributed by atoms with Crippen molar-refractivity contribution >= 4 is 51.7 Å². The second-order valence-electron chi connectivity index (χ2n) is 8.83. The lowest BCUT2D eigenvalue weighted by molar-refractivity contribution is 0.102. The standard InChI is InChI=1S/C27H29ClFN3O2S2/c1-34-15-3-2-4-25(35)32-13-11-19(12-14-32)27-31-24(17-36-27)26(33)30-23-10-9-21(29)16-22(23)18-5-7-20(28)8-6-18/h5-10,16-17,19H,2-4,11-15H2,1H3,(H,30,33). The first-order chi connectivity index (χ1) is 17.4. The van der Waals surface area contributed by atoms with E-state index in [1.807, 2.05) is 0 Å². The number of nitrogens with one attached hydrogen (secondary N) is 1. The highest BCUT2D eigenvalue weighted by molar-refractivity contribution is 7.80. The number of ether oxygens (including phenoxy) is 1. The molecule has 1 saturated heterocycles. The summed E-state index contributed by atoms with van der Waals surface area (Å²) in [4.78, 5) is 21.0. The minimum absolute atomic E-state index is 0.311. The monoisotopic (exact) mass is 545 g/mol. The van der Waals surface area contributed by atoms with Gasteiger partial charge in [0.05, 0.1) is 10.00 Å². The Morgan fingerprint density at radius 2 is 1.97 bits per heavy atom. The number of thiazole rings is 1. The topological polar surface area (TPSA) is 54.5 Å². The Hall–Kier alpha value is -2.39. The van der Waals surface area contributed by atoms with Gasteiger partial charge >= 0.3 is 0 Å². The number of hydrogen-bond acceptors (Lipinski definition) is 5. The van der Waals surface area contributed by atoms with E-state index in [1.54, 1.807) is 42.8 Å². The van der Waals surface area contributed by atoms with E-state index in [4.69, 9.17) is 28.6 Å². The van der Waals surface area contributed by atoms with Gasteiger partial charge in [0.2, 0.25) is 0 Å². The molecule has 190 valence electrons. The molecule has 0 spiro atoms. The molecule has 1 aromatic heterocycles. The number of hydrogen-bond donors (Lipinski definition) is 1. The third kappa shape index (κ3) is 6.88. The van der Waals surface area contributed by atoms with E-state index in [2.05, 4.69) is 15.2 Å². The van der Waals surface area contributed by atoms with Gasteiger partial charge in [0.1, 0.15) is 11.5 Å². The quantitative estimate of drug-likeness (QED) is 0.228. The molecule has 0 aliphatic carbocycles. The molecule has 2 aromatic carbocycles. The van der Waals surface area contributed by atoms with Crippen molar-refractivity contribution in [2.75, 3.05) is 32.1 Å². The van der Waals surface area contributed by atoms with Gasteiger partial charge < -0.3 is 15.0 Å². The molecule has 2 heterocycles.